The molecule has 2 N–H and O–H groups in total. The van der Waals surface area contributed by atoms with E-state index in [-0.39, 0.29) is 0 Å². The summed E-state index contributed by atoms with van der Waals surface area (Å²) in [5, 5.41) is 5.88. The van der Waals surface area contributed by atoms with E-state index in [1.807, 2.05) is 18.3 Å². The molecule has 0 bridgehead atoms. The molecule has 1 aromatic heterocycles. The van der Waals surface area contributed by atoms with Gasteiger partial charge in [-0.05, 0) is 17.0 Å². The Hall–Kier alpha value is -2.33. The molecule has 2 aromatic carbocycles. The van der Waals surface area contributed by atoms with Crippen molar-refractivity contribution >= 4 is 10.8 Å². The maximum atomic E-state index is 5.43. The highest BCUT2D eigenvalue weighted by atomic mass is 16.5. The lowest BCUT2D eigenvalue weighted by molar-refractivity contribution is 0.419. The van der Waals surface area contributed by atoms with Crippen LogP contribution in [0.1, 0.15) is 11.3 Å². The van der Waals surface area contributed by atoms with Crippen LogP contribution < -0.4 is 10.1 Å². The number of hydrogen-bond donors (Lipinski definition) is 2. The van der Waals surface area contributed by atoms with Gasteiger partial charge in [0.2, 0.25) is 0 Å². The van der Waals surface area contributed by atoms with Gasteiger partial charge in [-0.15, -0.1) is 0 Å². The minimum absolute atomic E-state index is 0.846. The van der Waals surface area contributed by atoms with Gasteiger partial charge in [-0.3, -0.25) is 0 Å². The van der Waals surface area contributed by atoms with Gasteiger partial charge in [0.15, 0.2) is 0 Å². The molecule has 1 heterocycles. The summed E-state index contributed by atoms with van der Waals surface area (Å²) in [7, 11) is 1.71. The van der Waals surface area contributed by atoms with Crippen molar-refractivity contribution in [1.29, 1.82) is 0 Å². The average molecular weight is 281 g/mol. The average Bonchev–Trinajstić information content (AvgIpc) is 3.05. The maximum absolute atomic E-state index is 5.43. The van der Waals surface area contributed by atoms with E-state index in [9.17, 15) is 0 Å². The number of imidazole rings is 1. The van der Waals surface area contributed by atoms with Crippen molar-refractivity contribution in [2.75, 3.05) is 13.7 Å². The number of nitrogens with zero attached hydrogens (tertiary/aromatic N) is 1. The Labute approximate surface area is 124 Å². The molecular formula is C17H19N3O. The minimum atomic E-state index is 0.846. The first-order valence-corrected chi connectivity index (χ1v) is 7.11. The molecule has 0 radical (unpaired) electrons. The Morgan fingerprint density at radius 3 is 2.76 bits per heavy atom. The normalized spacial score (nSPS) is 10.9. The lowest BCUT2D eigenvalue weighted by Gasteiger charge is -2.11. The first-order chi connectivity index (χ1) is 10.4. The molecule has 0 amide bonds. The van der Waals surface area contributed by atoms with Gasteiger partial charge in [-0.1, -0.05) is 30.3 Å². The molecule has 0 atom stereocenters. The van der Waals surface area contributed by atoms with Crippen LogP contribution in [0.4, 0.5) is 0 Å². The monoisotopic (exact) mass is 281 g/mol. The standard InChI is InChI=1S/C17H19N3O/c1-21-17-7-6-13(15-4-2-3-5-16(15)17)10-18-9-8-14-11-19-12-20-14/h2-7,11-12,18H,8-10H2,1H3,(H,19,20). The highest BCUT2D eigenvalue weighted by Gasteiger charge is 2.05. The van der Waals surface area contributed by atoms with E-state index in [4.69, 9.17) is 4.74 Å². The summed E-state index contributed by atoms with van der Waals surface area (Å²) in [4.78, 5) is 7.13. The van der Waals surface area contributed by atoms with E-state index >= 15 is 0 Å². The van der Waals surface area contributed by atoms with E-state index in [2.05, 4.69) is 39.6 Å². The number of benzene rings is 2. The minimum Gasteiger partial charge on any atom is -0.496 e. The highest BCUT2D eigenvalue weighted by molar-refractivity contribution is 5.91. The Morgan fingerprint density at radius 2 is 2.00 bits per heavy atom. The summed E-state index contributed by atoms with van der Waals surface area (Å²) in [6.45, 7) is 1.77. The molecule has 0 aliphatic heterocycles. The molecule has 21 heavy (non-hydrogen) atoms. The van der Waals surface area contributed by atoms with Crippen LogP contribution in [-0.2, 0) is 13.0 Å². The first-order valence-electron chi connectivity index (χ1n) is 7.11. The zero-order valence-electron chi connectivity index (χ0n) is 12.1. The number of H-pyrrole nitrogens is 1. The molecule has 0 saturated carbocycles. The predicted molar refractivity (Wildman–Crippen MR) is 84.5 cm³/mol. The summed E-state index contributed by atoms with van der Waals surface area (Å²) >= 11 is 0. The number of nitrogens with one attached hydrogen (secondary N) is 2. The van der Waals surface area contributed by atoms with Crippen LogP contribution in [0.2, 0.25) is 0 Å². The molecule has 0 aliphatic carbocycles. The fraction of sp³-hybridized carbons (Fsp3) is 0.235. The third-order valence-corrected chi connectivity index (χ3v) is 3.64. The zero-order chi connectivity index (χ0) is 14.5. The third kappa shape index (κ3) is 3.06. The second-order valence-electron chi connectivity index (χ2n) is 4.98. The fourth-order valence-electron chi connectivity index (χ4n) is 2.53. The van der Waals surface area contributed by atoms with Gasteiger partial charge < -0.3 is 15.0 Å². The smallest absolute Gasteiger partial charge is 0.126 e. The Bertz CT molecular complexity index is 707. The van der Waals surface area contributed by atoms with E-state index in [0.717, 1.165) is 36.3 Å². The Kier molecular flexibility index (Phi) is 4.17. The summed E-state index contributed by atoms with van der Waals surface area (Å²) in [5.41, 5.74) is 2.44. The van der Waals surface area contributed by atoms with E-state index in [1.54, 1.807) is 13.4 Å². The van der Waals surface area contributed by atoms with Crippen LogP contribution in [0.5, 0.6) is 5.75 Å². The van der Waals surface area contributed by atoms with Crippen LogP contribution in [0.3, 0.4) is 0 Å². The van der Waals surface area contributed by atoms with Crippen molar-refractivity contribution in [3.05, 3.63) is 60.2 Å². The molecule has 108 valence electrons. The van der Waals surface area contributed by atoms with Gasteiger partial charge >= 0.3 is 0 Å². The lowest BCUT2D eigenvalue weighted by atomic mass is 10.0. The van der Waals surface area contributed by atoms with Gasteiger partial charge in [-0.25, -0.2) is 4.98 Å². The van der Waals surface area contributed by atoms with Crippen molar-refractivity contribution in [3.63, 3.8) is 0 Å². The molecule has 4 nitrogen and oxygen atoms in total. The van der Waals surface area contributed by atoms with Crippen molar-refractivity contribution in [3.8, 4) is 5.75 Å². The number of fused-ring (bicyclic) bond motifs is 1. The van der Waals surface area contributed by atoms with Crippen LogP contribution in [0.15, 0.2) is 48.9 Å². The van der Waals surface area contributed by atoms with Crippen LogP contribution in [0, 0.1) is 0 Å². The summed E-state index contributed by atoms with van der Waals surface area (Å²) in [5.74, 6) is 0.923. The number of methoxy groups -OCH3 is 1. The Balaban J connectivity index is 1.69. The van der Waals surface area contributed by atoms with Gasteiger partial charge in [0.05, 0.1) is 13.4 Å². The van der Waals surface area contributed by atoms with E-state index in [0.29, 0.717) is 0 Å². The van der Waals surface area contributed by atoms with E-state index in [1.165, 1.54) is 10.9 Å². The number of aromatic nitrogens is 2. The molecule has 0 unspecified atom stereocenters. The topological polar surface area (TPSA) is 49.9 Å². The van der Waals surface area contributed by atoms with Crippen LogP contribution in [0.25, 0.3) is 10.8 Å². The van der Waals surface area contributed by atoms with Crippen LogP contribution >= 0.6 is 0 Å². The predicted octanol–water partition coefficient (Wildman–Crippen LogP) is 2.90. The fourth-order valence-corrected chi connectivity index (χ4v) is 2.53. The van der Waals surface area contributed by atoms with Crippen molar-refractivity contribution < 1.29 is 4.74 Å². The maximum Gasteiger partial charge on any atom is 0.126 e. The molecule has 4 heteroatoms. The van der Waals surface area contributed by atoms with Crippen LogP contribution in [-0.4, -0.2) is 23.6 Å². The Morgan fingerprint density at radius 1 is 1.14 bits per heavy atom. The molecule has 0 saturated heterocycles. The van der Waals surface area contributed by atoms with E-state index < -0.39 is 0 Å². The van der Waals surface area contributed by atoms with Crippen molar-refractivity contribution in [2.45, 2.75) is 13.0 Å². The number of hydrogen-bond acceptors (Lipinski definition) is 3. The molecule has 3 rings (SSSR count). The molecule has 0 spiro atoms. The highest BCUT2D eigenvalue weighted by Crippen LogP contribution is 2.28. The number of aromatic amines is 1. The van der Waals surface area contributed by atoms with Gasteiger partial charge in [0.25, 0.3) is 0 Å². The second-order valence-corrected chi connectivity index (χ2v) is 4.98. The number of ether oxygens (including phenoxy) is 1. The molecule has 0 fully saturated rings. The quantitative estimate of drug-likeness (QED) is 0.683. The second kappa shape index (κ2) is 6.41. The van der Waals surface area contributed by atoms with Gasteiger partial charge in [0, 0.05) is 36.8 Å². The van der Waals surface area contributed by atoms with Gasteiger partial charge in [-0.2, -0.15) is 0 Å². The zero-order valence-corrected chi connectivity index (χ0v) is 12.1. The summed E-state index contributed by atoms with van der Waals surface area (Å²) in [6.07, 6.45) is 4.53. The molecular weight excluding hydrogens is 262 g/mol. The summed E-state index contributed by atoms with van der Waals surface area (Å²) in [6, 6.07) is 12.5. The number of rotatable bonds is 6. The lowest BCUT2D eigenvalue weighted by Crippen LogP contribution is -2.17. The SMILES string of the molecule is COc1ccc(CNCCc2cnc[nH]2)c2ccccc12. The molecule has 0 aliphatic rings. The van der Waals surface area contributed by atoms with Gasteiger partial charge in [0.1, 0.15) is 5.75 Å². The molecule has 3 aromatic rings. The van der Waals surface area contributed by atoms with Crippen molar-refractivity contribution in [2.24, 2.45) is 0 Å². The first kappa shape index (κ1) is 13.6. The summed E-state index contributed by atoms with van der Waals surface area (Å²) < 4.78 is 5.43. The van der Waals surface area contributed by atoms with Crippen molar-refractivity contribution in [1.82, 2.24) is 15.3 Å². The third-order valence-electron chi connectivity index (χ3n) is 3.64. The largest absolute Gasteiger partial charge is 0.496 e.